The summed E-state index contributed by atoms with van der Waals surface area (Å²) in [4.78, 5) is 33.2. The maximum Gasteiger partial charge on any atom is 0.326 e. The SMILES string of the molecule is CCCCCCC(C)NC(=O)N[C@@H](CC(N)=O)C(=O)O. The first-order chi connectivity index (χ1) is 9.36. The predicted molar refractivity (Wildman–Crippen MR) is 75.1 cm³/mol. The Balaban J connectivity index is 4.05. The van der Waals surface area contributed by atoms with Crippen molar-refractivity contribution in [3.63, 3.8) is 0 Å². The molecule has 7 nitrogen and oxygen atoms in total. The number of amides is 3. The maximum atomic E-state index is 11.6. The summed E-state index contributed by atoms with van der Waals surface area (Å²) in [6, 6.07) is -1.93. The van der Waals surface area contributed by atoms with Gasteiger partial charge >= 0.3 is 12.0 Å². The van der Waals surface area contributed by atoms with Crippen molar-refractivity contribution in [3.05, 3.63) is 0 Å². The number of carboxylic acid groups (broad SMARTS) is 1. The maximum absolute atomic E-state index is 11.6. The third-order valence-electron chi connectivity index (χ3n) is 2.88. The molecule has 0 aromatic heterocycles. The second-order valence-electron chi connectivity index (χ2n) is 4.93. The highest BCUT2D eigenvalue weighted by Gasteiger charge is 2.22. The molecule has 0 saturated heterocycles. The molecule has 0 bridgehead atoms. The lowest BCUT2D eigenvalue weighted by Gasteiger charge is -2.17. The van der Waals surface area contributed by atoms with Crippen molar-refractivity contribution in [1.82, 2.24) is 10.6 Å². The van der Waals surface area contributed by atoms with E-state index < -0.39 is 30.4 Å². The van der Waals surface area contributed by atoms with Crippen molar-refractivity contribution >= 4 is 17.9 Å². The lowest BCUT2D eigenvalue weighted by atomic mass is 10.1. The minimum atomic E-state index is -1.29. The van der Waals surface area contributed by atoms with Crippen LogP contribution in [-0.4, -0.2) is 35.1 Å². The Labute approximate surface area is 119 Å². The van der Waals surface area contributed by atoms with E-state index in [0.717, 1.165) is 25.7 Å². The average molecular weight is 287 g/mol. The van der Waals surface area contributed by atoms with E-state index in [-0.39, 0.29) is 6.04 Å². The van der Waals surface area contributed by atoms with Crippen molar-refractivity contribution in [1.29, 1.82) is 0 Å². The van der Waals surface area contributed by atoms with Crippen LogP contribution in [0.1, 0.15) is 52.4 Å². The quantitative estimate of drug-likeness (QED) is 0.447. The second-order valence-corrected chi connectivity index (χ2v) is 4.93. The van der Waals surface area contributed by atoms with Gasteiger partial charge in [0.25, 0.3) is 0 Å². The van der Waals surface area contributed by atoms with Gasteiger partial charge in [-0.3, -0.25) is 4.79 Å². The van der Waals surface area contributed by atoms with Crippen LogP contribution >= 0.6 is 0 Å². The Morgan fingerprint density at radius 2 is 1.80 bits per heavy atom. The zero-order valence-electron chi connectivity index (χ0n) is 12.1. The summed E-state index contributed by atoms with van der Waals surface area (Å²) in [6.45, 7) is 3.98. The van der Waals surface area contributed by atoms with Crippen molar-refractivity contribution in [2.45, 2.75) is 64.5 Å². The molecule has 3 amide bonds. The third-order valence-corrected chi connectivity index (χ3v) is 2.88. The van der Waals surface area contributed by atoms with E-state index in [1.807, 2.05) is 6.92 Å². The third kappa shape index (κ3) is 9.18. The predicted octanol–water partition coefficient (Wildman–Crippen LogP) is 0.973. The van der Waals surface area contributed by atoms with E-state index in [1.54, 1.807) is 0 Å². The van der Waals surface area contributed by atoms with Crippen molar-refractivity contribution in [2.75, 3.05) is 0 Å². The van der Waals surface area contributed by atoms with E-state index in [0.29, 0.717) is 0 Å². The Hall–Kier alpha value is -1.79. The van der Waals surface area contributed by atoms with Gasteiger partial charge in [-0.1, -0.05) is 32.6 Å². The molecule has 0 aliphatic heterocycles. The molecular weight excluding hydrogens is 262 g/mol. The van der Waals surface area contributed by atoms with Gasteiger partial charge in [0.2, 0.25) is 5.91 Å². The first-order valence-corrected chi connectivity index (χ1v) is 6.95. The monoisotopic (exact) mass is 287 g/mol. The lowest BCUT2D eigenvalue weighted by Crippen LogP contribution is -2.49. The number of carbonyl (C=O) groups is 3. The molecule has 0 aromatic carbocycles. The van der Waals surface area contributed by atoms with Gasteiger partial charge in [-0.2, -0.15) is 0 Å². The molecule has 0 heterocycles. The number of nitrogens with one attached hydrogen (secondary N) is 2. The molecule has 1 unspecified atom stereocenters. The number of urea groups is 1. The molecule has 5 N–H and O–H groups in total. The molecule has 0 saturated carbocycles. The number of carboxylic acids is 1. The smallest absolute Gasteiger partial charge is 0.326 e. The first-order valence-electron chi connectivity index (χ1n) is 6.95. The number of rotatable bonds is 10. The highest BCUT2D eigenvalue weighted by molar-refractivity contribution is 5.87. The summed E-state index contributed by atoms with van der Waals surface area (Å²) in [6.07, 6.45) is 4.85. The Morgan fingerprint density at radius 3 is 2.30 bits per heavy atom. The van der Waals surface area contributed by atoms with Crippen LogP contribution in [0.3, 0.4) is 0 Å². The minimum Gasteiger partial charge on any atom is -0.480 e. The summed E-state index contributed by atoms with van der Waals surface area (Å²) in [5, 5.41) is 13.7. The van der Waals surface area contributed by atoms with E-state index in [2.05, 4.69) is 17.6 Å². The summed E-state index contributed by atoms with van der Waals surface area (Å²) in [5.41, 5.74) is 4.93. The molecule has 0 rings (SSSR count). The molecule has 0 radical (unpaired) electrons. The summed E-state index contributed by atoms with van der Waals surface area (Å²) < 4.78 is 0. The van der Waals surface area contributed by atoms with Gasteiger partial charge < -0.3 is 21.5 Å². The Morgan fingerprint density at radius 1 is 1.15 bits per heavy atom. The molecule has 7 heteroatoms. The van der Waals surface area contributed by atoms with Crippen LogP contribution in [-0.2, 0) is 9.59 Å². The van der Waals surface area contributed by atoms with Gasteiger partial charge in [0.1, 0.15) is 6.04 Å². The van der Waals surface area contributed by atoms with Crippen LogP contribution in [0.25, 0.3) is 0 Å². The molecular formula is C13H25N3O4. The van der Waals surface area contributed by atoms with E-state index in [4.69, 9.17) is 10.8 Å². The minimum absolute atomic E-state index is 0.0464. The molecule has 0 spiro atoms. The number of hydrogen-bond donors (Lipinski definition) is 4. The topological polar surface area (TPSA) is 122 Å². The second kappa shape index (κ2) is 10.1. The van der Waals surface area contributed by atoms with Crippen LogP contribution in [0.4, 0.5) is 4.79 Å². The number of hydrogen-bond acceptors (Lipinski definition) is 3. The fraction of sp³-hybridized carbons (Fsp3) is 0.769. The van der Waals surface area contributed by atoms with Gasteiger partial charge in [-0.15, -0.1) is 0 Å². The zero-order chi connectivity index (χ0) is 15.5. The van der Waals surface area contributed by atoms with Gasteiger partial charge in [-0.25, -0.2) is 9.59 Å². The fourth-order valence-electron chi connectivity index (χ4n) is 1.77. The largest absolute Gasteiger partial charge is 0.480 e. The van der Waals surface area contributed by atoms with Gasteiger partial charge in [0.15, 0.2) is 0 Å². The van der Waals surface area contributed by atoms with E-state index in [1.165, 1.54) is 6.42 Å². The fourth-order valence-corrected chi connectivity index (χ4v) is 1.77. The molecule has 0 aliphatic rings. The first kappa shape index (κ1) is 18.2. The number of carbonyl (C=O) groups excluding carboxylic acids is 2. The van der Waals surface area contributed by atoms with Crippen molar-refractivity contribution < 1.29 is 19.5 Å². The molecule has 0 aliphatic carbocycles. The molecule has 0 fully saturated rings. The summed E-state index contributed by atoms with van der Waals surface area (Å²) in [7, 11) is 0. The van der Waals surface area contributed by atoms with Crippen LogP contribution < -0.4 is 16.4 Å². The number of unbranched alkanes of at least 4 members (excludes halogenated alkanes) is 3. The van der Waals surface area contributed by atoms with Crippen LogP contribution in [0.2, 0.25) is 0 Å². The normalized spacial score (nSPS) is 13.3. The molecule has 2 atom stereocenters. The summed E-state index contributed by atoms with van der Waals surface area (Å²) in [5.74, 6) is -2.06. The zero-order valence-corrected chi connectivity index (χ0v) is 12.1. The number of aliphatic carboxylic acids is 1. The van der Waals surface area contributed by atoms with E-state index in [9.17, 15) is 14.4 Å². The van der Waals surface area contributed by atoms with Crippen LogP contribution in [0.5, 0.6) is 0 Å². The van der Waals surface area contributed by atoms with Crippen LogP contribution in [0.15, 0.2) is 0 Å². The highest BCUT2D eigenvalue weighted by Crippen LogP contribution is 2.05. The molecule has 116 valence electrons. The molecule has 20 heavy (non-hydrogen) atoms. The lowest BCUT2D eigenvalue weighted by molar-refractivity contribution is -0.140. The molecule has 0 aromatic rings. The van der Waals surface area contributed by atoms with Crippen molar-refractivity contribution in [3.8, 4) is 0 Å². The average Bonchev–Trinajstić information content (AvgIpc) is 2.33. The Bertz CT molecular complexity index is 334. The van der Waals surface area contributed by atoms with Crippen molar-refractivity contribution in [2.24, 2.45) is 5.73 Å². The standard InChI is InChI=1S/C13H25N3O4/c1-3-4-5-6-7-9(2)15-13(20)16-10(12(18)19)8-11(14)17/h9-10H,3-8H2,1-2H3,(H2,14,17)(H,18,19)(H2,15,16,20)/t9?,10-/m0/s1. The summed E-state index contributed by atoms with van der Waals surface area (Å²) >= 11 is 0. The Kier molecular flexibility index (Phi) is 9.15. The van der Waals surface area contributed by atoms with Gasteiger partial charge in [0.05, 0.1) is 6.42 Å². The number of primary amides is 1. The van der Waals surface area contributed by atoms with Gasteiger partial charge in [0, 0.05) is 6.04 Å². The van der Waals surface area contributed by atoms with Gasteiger partial charge in [-0.05, 0) is 13.3 Å². The van der Waals surface area contributed by atoms with E-state index >= 15 is 0 Å². The number of nitrogens with two attached hydrogens (primary N) is 1. The highest BCUT2D eigenvalue weighted by atomic mass is 16.4. The van der Waals surface area contributed by atoms with Crippen LogP contribution in [0, 0.1) is 0 Å².